The second-order valence-corrected chi connectivity index (χ2v) is 10.7. The number of amides is 1. The molecule has 7 nitrogen and oxygen atoms in total. The number of carboxylic acid groups (broad SMARTS) is 1. The van der Waals surface area contributed by atoms with Crippen LogP contribution in [0, 0.1) is 11.8 Å². The number of nitrogens with zero attached hydrogens (tertiary/aromatic N) is 1. The van der Waals surface area contributed by atoms with Crippen molar-refractivity contribution < 1.29 is 19.2 Å². The third-order valence-electron chi connectivity index (χ3n) is 4.46. The van der Waals surface area contributed by atoms with E-state index in [1.54, 1.807) is 65.0 Å². The summed E-state index contributed by atoms with van der Waals surface area (Å²) in [5, 5.41) is 12.5. The SMILES string of the molecule is CC#Cc1ccc(C(=O)Nc2ccc(Cl)c(C(C)(CC(=O)O)N[S+]([O-])C(C)(C)C)c2)nc1. The van der Waals surface area contributed by atoms with E-state index >= 15 is 0 Å². The number of carbonyl (C=O) groups excluding carboxylic acids is 1. The molecule has 0 aliphatic carbocycles. The minimum absolute atomic E-state index is 0.198. The molecule has 1 aromatic heterocycles. The molecule has 0 bridgehead atoms. The molecule has 1 aromatic carbocycles. The quantitative estimate of drug-likeness (QED) is 0.410. The van der Waals surface area contributed by atoms with Crippen molar-refractivity contribution in [1.82, 2.24) is 9.71 Å². The number of pyridine rings is 1. The number of hydrogen-bond donors (Lipinski definition) is 3. The first-order valence-corrected chi connectivity index (χ1v) is 11.3. The highest BCUT2D eigenvalue weighted by Gasteiger charge is 2.40. The molecule has 0 fully saturated rings. The van der Waals surface area contributed by atoms with Gasteiger partial charge in [0.15, 0.2) is 0 Å². The largest absolute Gasteiger partial charge is 0.598 e. The summed E-state index contributed by atoms with van der Waals surface area (Å²) in [6, 6.07) is 7.99. The number of rotatable bonds is 7. The van der Waals surface area contributed by atoms with Gasteiger partial charge < -0.3 is 15.0 Å². The lowest BCUT2D eigenvalue weighted by Crippen LogP contribution is -2.51. The number of carboxylic acids is 1. The van der Waals surface area contributed by atoms with E-state index in [1.165, 1.54) is 6.20 Å². The fourth-order valence-electron chi connectivity index (χ4n) is 2.81. The maximum absolute atomic E-state index is 12.7. The molecule has 0 aliphatic heterocycles. The topological polar surface area (TPSA) is 114 Å². The van der Waals surface area contributed by atoms with Crippen LogP contribution in [-0.2, 0) is 21.7 Å². The molecule has 0 saturated carbocycles. The molecule has 2 rings (SSSR count). The van der Waals surface area contributed by atoms with Gasteiger partial charge in [-0.15, -0.1) is 10.6 Å². The average molecular weight is 476 g/mol. The van der Waals surface area contributed by atoms with Gasteiger partial charge in [0, 0.05) is 33.8 Å². The molecule has 1 heterocycles. The van der Waals surface area contributed by atoms with Gasteiger partial charge >= 0.3 is 5.97 Å². The molecule has 9 heteroatoms. The van der Waals surface area contributed by atoms with E-state index in [0.29, 0.717) is 16.8 Å². The molecule has 1 amide bonds. The van der Waals surface area contributed by atoms with E-state index in [1.807, 2.05) is 0 Å². The Balaban J connectivity index is 2.36. The Labute approximate surface area is 196 Å². The Morgan fingerprint density at radius 1 is 1.22 bits per heavy atom. The van der Waals surface area contributed by atoms with Crippen LogP contribution in [0.25, 0.3) is 0 Å². The molecule has 2 atom stereocenters. The van der Waals surface area contributed by atoms with Crippen molar-refractivity contribution in [2.24, 2.45) is 0 Å². The third kappa shape index (κ3) is 6.71. The van der Waals surface area contributed by atoms with Crippen LogP contribution in [0.2, 0.25) is 5.02 Å². The fourth-order valence-corrected chi connectivity index (χ4v) is 4.04. The van der Waals surface area contributed by atoms with Crippen molar-refractivity contribution in [2.75, 3.05) is 5.32 Å². The number of anilines is 1. The van der Waals surface area contributed by atoms with Gasteiger partial charge in [-0.2, -0.15) is 0 Å². The van der Waals surface area contributed by atoms with Crippen molar-refractivity contribution >= 4 is 40.5 Å². The zero-order valence-corrected chi connectivity index (χ0v) is 20.1. The lowest BCUT2D eigenvalue weighted by Gasteiger charge is -2.35. The highest BCUT2D eigenvalue weighted by Crippen LogP contribution is 2.35. The maximum atomic E-state index is 12.7. The minimum Gasteiger partial charge on any atom is -0.598 e. The lowest BCUT2D eigenvalue weighted by molar-refractivity contribution is -0.138. The van der Waals surface area contributed by atoms with Crippen molar-refractivity contribution in [3.8, 4) is 11.8 Å². The molecule has 3 N–H and O–H groups in total. The number of benzene rings is 1. The third-order valence-corrected chi connectivity index (χ3v) is 6.54. The van der Waals surface area contributed by atoms with E-state index in [4.69, 9.17) is 11.6 Å². The first-order chi connectivity index (χ1) is 14.9. The number of halogens is 1. The van der Waals surface area contributed by atoms with Gasteiger partial charge in [0.2, 0.25) is 0 Å². The van der Waals surface area contributed by atoms with E-state index in [0.717, 1.165) is 0 Å². The van der Waals surface area contributed by atoms with Crippen molar-refractivity contribution in [3.63, 3.8) is 0 Å². The predicted octanol–water partition coefficient (Wildman–Crippen LogP) is 4.10. The van der Waals surface area contributed by atoms with Gasteiger partial charge in [-0.25, -0.2) is 4.98 Å². The summed E-state index contributed by atoms with van der Waals surface area (Å²) in [7, 11) is 0. The maximum Gasteiger partial charge on any atom is 0.305 e. The van der Waals surface area contributed by atoms with E-state index in [2.05, 4.69) is 26.9 Å². The monoisotopic (exact) mass is 475 g/mol. The van der Waals surface area contributed by atoms with Crippen LogP contribution in [0.3, 0.4) is 0 Å². The standard InChI is InChI=1S/C23H26ClN3O4S/c1-6-7-15-8-11-19(25-14-15)21(30)26-16-9-10-18(24)17(12-16)23(5,13-20(28)29)27-32(31)22(2,3)4/h8-12,14,27H,13H2,1-5H3,(H,26,30)(H,28,29). The highest BCUT2D eigenvalue weighted by atomic mass is 35.5. The Morgan fingerprint density at radius 3 is 2.44 bits per heavy atom. The van der Waals surface area contributed by atoms with Crippen LogP contribution < -0.4 is 10.0 Å². The summed E-state index contributed by atoms with van der Waals surface area (Å²) >= 11 is 4.83. The zero-order valence-electron chi connectivity index (χ0n) is 18.6. The van der Waals surface area contributed by atoms with Crippen LogP contribution in [0.5, 0.6) is 0 Å². The number of hydrogen-bond acceptors (Lipinski definition) is 5. The molecule has 32 heavy (non-hydrogen) atoms. The average Bonchev–Trinajstić information content (AvgIpc) is 2.68. The summed E-state index contributed by atoms with van der Waals surface area (Å²) in [5.74, 6) is 4.09. The first kappa shape index (κ1) is 25.7. The molecule has 170 valence electrons. The fraction of sp³-hybridized carbons (Fsp3) is 0.348. The van der Waals surface area contributed by atoms with Gasteiger partial charge in [-0.1, -0.05) is 17.5 Å². The Kier molecular flexibility index (Phi) is 8.32. The molecule has 0 spiro atoms. The van der Waals surface area contributed by atoms with E-state index < -0.39 is 33.5 Å². The predicted molar refractivity (Wildman–Crippen MR) is 127 cm³/mol. The molecular formula is C23H26ClN3O4S. The van der Waals surface area contributed by atoms with Gasteiger partial charge in [0.05, 0.1) is 12.0 Å². The summed E-state index contributed by atoms with van der Waals surface area (Å²) in [4.78, 5) is 28.3. The van der Waals surface area contributed by atoms with Crippen LogP contribution in [-0.4, -0.2) is 31.3 Å². The molecule has 2 unspecified atom stereocenters. The zero-order chi connectivity index (χ0) is 24.1. The van der Waals surface area contributed by atoms with Crippen molar-refractivity contribution in [1.29, 1.82) is 0 Å². The van der Waals surface area contributed by atoms with Crippen LogP contribution in [0.1, 0.15) is 62.7 Å². The number of aromatic nitrogens is 1. The minimum atomic E-state index is -1.56. The summed E-state index contributed by atoms with van der Waals surface area (Å²) in [6.07, 6.45) is 1.14. The summed E-state index contributed by atoms with van der Waals surface area (Å²) < 4.78 is 15.0. The molecule has 0 radical (unpaired) electrons. The summed E-state index contributed by atoms with van der Waals surface area (Å²) in [6.45, 7) is 8.66. The Morgan fingerprint density at radius 2 is 1.91 bits per heavy atom. The smallest absolute Gasteiger partial charge is 0.305 e. The van der Waals surface area contributed by atoms with Crippen molar-refractivity contribution in [3.05, 3.63) is 58.4 Å². The normalized spacial score (nSPS) is 14.0. The van der Waals surface area contributed by atoms with Crippen molar-refractivity contribution in [2.45, 2.75) is 51.3 Å². The first-order valence-electron chi connectivity index (χ1n) is 9.77. The number of carbonyl (C=O) groups is 2. The molecule has 0 aliphatic rings. The van der Waals surface area contributed by atoms with Gasteiger partial charge in [-0.05, 0) is 70.5 Å². The molecular weight excluding hydrogens is 450 g/mol. The number of nitrogens with one attached hydrogen (secondary N) is 2. The highest BCUT2D eigenvalue weighted by molar-refractivity contribution is 7.90. The van der Waals surface area contributed by atoms with Crippen LogP contribution >= 0.6 is 11.6 Å². The lowest BCUT2D eigenvalue weighted by atomic mass is 9.89. The van der Waals surface area contributed by atoms with Gasteiger partial charge in [-0.3, -0.25) is 9.59 Å². The Bertz CT molecular complexity index is 1060. The molecule has 0 saturated heterocycles. The van der Waals surface area contributed by atoms with Crippen LogP contribution in [0.15, 0.2) is 36.5 Å². The second kappa shape index (κ2) is 10.4. The van der Waals surface area contributed by atoms with Gasteiger partial charge in [0.25, 0.3) is 5.91 Å². The Hall–Kier alpha value is -2.57. The summed E-state index contributed by atoms with van der Waals surface area (Å²) in [5.41, 5.74) is 0.441. The van der Waals surface area contributed by atoms with Crippen LogP contribution in [0.4, 0.5) is 5.69 Å². The number of aliphatic carboxylic acids is 1. The second-order valence-electron chi connectivity index (χ2n) is 8.34. The van der Waals surface area contributed by atoms with E-state index in [9.17, 15) is 19.2 Å². The van der Waals surface area contributed by atoms with E-state index in [-0.39, 0.29) is 17.1 Å². The molecule has 2 aromatic rings. The van der Waals surface area contributed by atoms with Gasteiger partial charge in [0.1, 0.15) is 10.4 Å².